The highest BCUT2D eigenvalue weighted by Gasteiger charge is 2.11. The lowest BCUT2D eigenvalue weighted by Gasteiger charge is -2.02. The second-order valence-electron chi connectivity index (χ2n) is 5.34. The monoisotopic (exact) mass is 353 g/mol. The Morgan fingerprint density at radius 1 is 1.04 bits per heavy atom. The molecular formula is C20H13Cl2NO. The van der Waals surface area contributed by atoms with Crippen LogP contribution in [0.5, 0.6) is 0 Å². The lowest BCUT2D eigenvalue weighted by Crippen LogP contribution is -1.82. The molecule has 0 fully saturated rings. The third-order valence-electron chi connectivity index (χ3n) is 3.61. The van der Waals surface area contributed by atoms with Gasteiger partial charge in [-0.05, 0) is 42.8 Å². The molecule has 0 atom stereocenters. The molecule has 2 nitrogen and oxygen atoms in total. The summed E-state index contributed by atoms with van der Waals surface area (Å²) in [4.78, 5) is 0. The van der Waals surface area contributed by atoms with Gasteiger partial charge in [0.1, 0.15) is 11.5 Å². The number of hydrogen-bond donors (Lipinski definition) is 0. The number of furan rings is 1. The molecule has 0 bridgehead atoms. The van der Waals surface area contributed by atoms with E-state index in [1.54, 1.807) is 18.2 Å². The second kappa shape index (κ2) is 6.97. The number of rotatable bonds is 3. The van der Waals surface area contributed by atoms with Crippen molar-refractivity contribution in [2.75, 3.05) is 0 Å². The fourth-order valence-electron chi connectivity index (χ4n) is 2.32. The van der Waals surface area contributed by atoms with Gasteiger partial charge in [0.05, 0.1) is 21.7 Å². The van der Waals surface area contributed by atoms with Crippen molar-refractivity contribution in [3.8, 4) is 17.4 Å². The van der Waals surface area contributed by atoms with Crippen LogP contribution in [0.1, 0.15) is 16.9 Å². The van der Waals surface area contributed by atoms with Crippen LogP contribution in [-0.4, -0.2) is 0 Å². The van der Waals surface area contributed by atoms with Gasteiger partial charge < -0.3 is 4.42 Å². The van der Waals surface area contributed by atoms with Gasteiger partial charge in [-0.15, -0.1) is 0 Å². The summed E-state index contributed by atoms with van der Waals surface area (Å²) in [5, 5.41) is 10.3. The molecule has 0 saturated heterocycles. The Balaban J connectivity index is 1.96. The second-order valence-corrected chi connectivity index (χ2v) is 6.12. The molecule has 0 N–H and O–H groups in total. The molecule has 0 aliphatic heterocycles. The molecule has 0 aliphatic rings. The lowest BCUT2D eigenvalue weighted by atomic mass is 10.0. The minimum atomic E-state index is 0.447. The quantitative estimate of drug-likeness (QED) is 0.495. The summed E-state index contributed by atoms with van der Waals surface area (Å²) in [5.41, 5.74) is 3.25. The van der Waals surface area contributed by atoms with E-state index in [0.717, 1.165) is 16.7 Å². The van der Waals surface area contributed by atoms with Crippen LogP contribution >= 0.6 is 23.2 Å². The van der Waals surface area contributed by atoms with Gasteiger partial charge in [-0.3, -0.25) is 0 Å². The van der Waals surface area contributed by atoms with Gasteiger partial charge in [-0.25, -0.2) is 0 Å². The number of halogens is 2. The molecule has 1 heterocycles. The summed E-state index contributed by atoms with van der Waals surface area (Å²) in [5.74, 6) is 1.19. The zero-order chi connectivity index (χ0) is 17.1. The average molecular weight is 354 g/mol. The number of allylic oxidation sites excluding steroid dienone is 1. The lowest BCUT2D eigenvalue weighted by molar-refractivity contribution is 0.572. The first-order valence-corrected chi connectivity index (χ1v) is 8.07. The molecule has 1 aromatic heterocycles. The van der Waals surface area contributed by atoms with E-state index in [4.69, 9.17) is 27.6 Å². The van der Waals surface area contributed by atoms with Crippen molar-refractivity contribution in [1.82, 2.24) is 0 Å². The minimum Gasteiger partial charge on any atom is -0.457 e. The maximum atomic E-state index is 9.42. The van der Waals surface area contributed by atoms with Crippen LogP contribution in [0.15, 0.2) is 59.0 Å². The SMILES string of the molecule is Cc1ccc(/C(C#N)=C/c2ccc(-c3cccc(Cl)c3Cl)o2)cc1. The van der Waals surface area contributed by atoms with E-state index in [1.807, 2.05) is 49.4 Å². The van der Waals surface area contributed by atoms with Crippen molar-refractivity contribution in [2.45, 2.75) is 6.92 Å². The van der Waals surface area contributed by atoms with E-state index in [2.05, 4.69) is 6.07 Å². The summed E-state index contributed by atoms with van der Waals surface area (Å²) in [6.45, 7) is 2.01. The Hall–Kier alpha value is -2.47. The fraction of sp³-hybridized carbons (Fsp3) is 0.0500. The Morgan fingerprint density at radius 3 is 2.50 bits per heavy atom. The molecule has 3 rings (SSSR count). The molecule has 24 heavy (non-hydrogen) atoms. The van der Waals surface area contributed by atoms with Crippen LogP contribution in [0.25, 0.3) is 23.0 Å². The Kier molecular flexibility index (Phi) is 4.76. The molecule has 2 aromatic carbocycles. The van der Waals surface area contributed by atoms with E-state index in [0.29, 0.717) is 27.1 Å². The van der Waals surface area contributed by atoms with Crippen molar-refractivity contribution in [1.29, 1.82) is 5.26 Å². The number of aryl methyl sites for hydroxylation is 1. The van der Waals surface area contributed by atoms with Gasteiger partial charge in [0.15, 0.2) is 0 Å². The molecule has 0 unspecified atom stereocenters. The molecule has 4 heteroatoms. The maximum Gasteiger partial charge on any atom is 0.136 e. The van der Waals surface area contributed by atoms with Gasteiger partial charge in [0.2, 0.25) is 0 Å². The van der Waals surface area contributed by atoms with E-state index in [9.17, 15) is 5.26 Å². The topological polar surface area (TPSA) is 36.9 Å². The molecule has 0 aliphatic carbocycles. The minimum absolute atomic E-state index is 0.447. The van der Waals surface area contributed by atoms with Crippen molar-refractivity contribution < 1.29 is 4.42 Å². The van der Waals surface area contributed by atoms with Gasteiger partial charge in [-0.1, -0.05) is 59.1 Å². The summed E-state index contributed by atoms with van der Waals surface area (Å²) >= 11 is 12.3. The summed E-state index contributed by atoms with van der Waals surface area (Å²) in [6, 6.07) is 19.0. The first kappa shape index (κ1) is 16.4. The molecule has 118 valence electrons. The van der Waals surface area contributed by atoms with Crippen LogP contribution in [0, 0.1) is 18.3 Å². The Labute approximate surface area is 150 Å². The molecular weight excluding hydrogens is 341 g/mol. The van der Waals surface area contributed by atoms with Crippen LogP contribution < -0.4 is 0 Å². The van der Waals surface area contributed by atoms with Crippen molar-refractivity contribution >= 4 is 34.9 Å². The number of benzene rings is 2. The van der Waals surface area contributed by atoms with Crippen LogP contribution in [0.3, 0.4) is 0 Å². The zero-order valence-electron chi connectivity index (χ0n) is 12.9. The predicted molar refractivity (Wildman–Crippen MR) is 98.8 cm³/mol. The zero-order valence-corrected chi connectivity index (χ0v) is 14.4. The smallest absolute Gasteiger partial charge is 0.136 e. The van der Waals surface area contributed by atoms with Gasteiger partial charge in [0.25, 0.3) is 0 Å². The largest absolute Gasteiger partial charge is 0.457 e. The van der Waals surface area contributed by atoms with Crippen molar-refractivity contribution in [2.24, 2.45) is 0 Å². The maximum absolute atomic E-state index is 9.42. The van der Waals surface area contributed by atoms with Gasteiger partial charge >= 0.3 is 0 Å². The van der Waals surface area contributed by atoms with Crippen LogP contribution in [-0.2, 0) is 0 Å². The highest BCUT2D eigenvalue weighted by atomic mass is 35.5. The highest BCUT2D eigenvalue weighted by Crippen LogP contribution is 2.34. The van der Waals surface area contributed by atoms with Crippen molar-refractivity contribution in [3.63, 3.8) is 0 Å². The Morgan fingerprint density at radius 2 is 1.79 bits per heavy atom. The van der Waals surface area contributed by atoms with E-state index >= 15 is 0 Å². The van der Waals surface area contributed by atoms with Crippen LogP contribution in [0.2, 0.25) is 10.0 Å². The first-order valence-electron chi connectivity index (χ1n) is 7.31. The predicted octanol–water partition coefficient (Wildman–Crippen LogP) is 6.63. The van der Waals surface area contributed by atoms with Gasteiger partial charge in [-0.2, -0.15) is 5.26 Å². The van der Waals surface area contributed by atoms with E-state index < -0.39 is 0 Å². The molecule has 0 spiro atoms. The molecule has 0 saturated carbocycles. The standard InChI is InChI=1S/C20H13Cl2NO/c1-13-5-7-14(8-6-13)15(12-23)11-16-9-10-19(24-16)17-3-2-4-18(21)20(17)22/h2-11H,1H3/b15-11+. The summed E-state index contributed by atoms with van der Waals surface area (Å²) < 4.78 is 5.81. The number of hydrogen-bond acceptors (Lipinski definition) is 2. The first-order chi connectivity index (χ1) is 11.6. The average Bonchev–Trinajstić information content (AvgIpc) is 3.04. The normalized spacial score (nSPS) is 11.3. The fourth-order valence-corrected chi connectivity index (χ4v) is 2.72. The summed E-state index contributed by atoms with van der Waals surface area (Å²) in [7, 11) is 0. The third-order valence-corrected chi connectivity index (χ3v) is 4.43. The van der Waals surface area contributed by atoms with E-state index in [-0.39, 0.29) is 0 Å². The molecule has 0 radical (unpaired) electrons. The van der Waals surface area contributed by atoms with Crippen LogP contribution in [0.4, 0.5) is 0 Å². The molecule has 3 aromatic rings. The highest BCUT2D eigenvalue weighted by molar-refractivity contribution is 6.43. The van der Waals surface area contributed by atoms with Gasteiger partial charge in [0, 0.05) is 5.56 Å². The summed E-state index contributed by atoms with van der Waals surface area (Å²) in [6.07, 6.45) is 1.71. The molecule has 0 amide bonds. The third kappa shape index (κ3) is 3.38. The van der Waals surface area contributed by atoms with E-state index in [1.165, 1.54) is 0 Å². The number of nitriles is 1. The number of nitrogens with zero attached hydrogens (tertiary/aromatic N) is 1. The van der Waals surface area contributed by atoms with Crippen molar-refractivity contribution in [3.05, 3.63) is 81.5 Å². The Bertz CT molecular complexity index is 947.